The van der Waals surface area contributed by atoms with E-state index in [0.717, 1.165) is 18.8 Å². The summed E-state index contributed by atoms with van der Waals surface area (Å²) in [6.45, 7) is 8.20. The first-order valence-electron chi connectivity index (χ1n) is 6.09. The lowest BCUT2D eigenvalue weighted by molar-refractivity contribution is -0.386. The molecule has 0 aliphatic heterocycles. The van der Waals surface area contributed by atoms with Crippen LogP contribution in [0.1, 0.15) is 32.2 Å². The minimum absolute atomic E-state index is 0.200. The number of aryl methyl sites for hydroxylation is 1. The molecule has 1 rings (SSSR count). The summed E-state index contributed by atoms with van der Waals surface area (Å²) in [7, 11) is 0. The van der Waals surface area contributed by atoms with E-state index in [4.69, 9.17) is 0 Å². The third kappa shape index (κ3) is 3.03. The summed E-state index contributed by atoms with van der Waals surface area (Å²) in [4.78, 5) is 10.7. The van der Waals surface area contributed by atoms with E-state index < -0.39 is 0 Å². The van der Waals surface area contributed by atoms with E-state index in [-0.39, 0.29) is 10.6 Å². The van der Waals surface area contributed by atoms with Crippen molar-refractivity contribution >= 4 is 5.69 Å². The molecule has 1 N–H and O–H groups in total. The lowest BCUT2D eigenvalue weighted by Gasteiger charge is -2.05. The van der Waals surface area contributed by atoms with Gasteiger partial charge in [0.15, 0.2) is 0 Å². The predicted molar refractivity (Wildman–Crippen MR) is 66.2 cm³/mol. The minimum Gasteiger partial charge on any atom is -0.315 e. The van der Waals surface area contributed by atoms with E-state index in [1.54, 1.807) is 4.68 Å². The van der Waals surface area contributed by atoms with Crippen LogP contribution in [0.4, 0.5) is 5.69 Å². The van der Waals surface area contributed by atoms with Crippen LogP contribution in [0.15, 0.2) is 0 Å². The highest BCUT2D eigenvalue weighted by atomic mass is 16.6. The zero-order valence-corrected chi connectivity index (χ0v) is 10.7. The van der Waals surface area contributed by atoms with E-state index in [1.165, 1.54) is 0 Å². The Balaban J connectivity index is 3.00. The van der Waals surface area contributed by atoms with Crippen molar-refractivity contribution in [1.29, 1.82) is 0 Å². The number of aromatic nitrogens is 2. The van der Waals surface area contributed by atoms with E-state index in [0.29, 0.717) is 25.1 Å². The van der Waals surface area contributed by atoms with Gasteiger partial charge >= 0.3 is 5.69 Å². The fraction of sp³-hybridized carbons (Fsp3) is 0.727. The standard InChI is InChI=1S/C11H20N4O2/c1-4-9-11(15(16)17)10(5-2)14(13-9)8-7-12-6-3/h12H,4-8H2,1-3H3. The quantitative estimate of drug-likeness (QED) is 0.445. The Kier molecular flexibility index (Phi) is 5.09. The van der Waals surface area contributed by atoms with Gasteiger partial charge in [-0.05, 0) is 19.4 Å². The van der Waals surface area contributed by atoms with Gasteiger partial charge in [-0.2, -0.15) is 5.10 Å². The van der Waals surface area contributed by atoms with Gasteiger partial charge in [-0.1, -0.05) is 20.8 Å². The normalized spacial score (nSPS) is 10.8. The van der Waals surface area contributed by atoms with Gasteiger partial charge < -0.3 is 5.32 Å². The summed E-state index contributed by atoms with van der Waals surface area (Å²) in [5.41, 5.74) is 1.51. The van der Waals surface area contributed by atoms with Gasteiger partial charge in [-0.25, -0.2) is 0 Å². The SMILES string of the molecule is CCNCCn1nc(CC)c([N+](=O)[O-])c1CC. The Bertz CT molecular complexity index is 387. The molecule has 0 saturated heterocycles. The molecule has 0 spiro atoms. The predicted octanol–water partition coefficient (Wildman–Crippen LogP) is 1.53. The Morgan fingerprint density at radius 1 is 1.35 bits per heavy atom. The van der Waals surface area contributed by atoms with Gasteiger partial charge in [0.05, 0.1) is 11.5 Å². The topological polar surface area (TPSA) is 73.0 Å². The van der Waals surface area contributed by atoms with Crippen molar-refractivity contribution in [1.82, 2.24) is 15.1 Å². The van der Waals surface area contributed by atoms with Crippen LogP contribution in [0.2, 0.25) is 0 Å². The number of rotatable bonds is 7. The summed E-state index contributed by atoms with van der Waals surface area (Å²) in [5, 5.41) is 18.6. The maximum atomic E-state index is 11.0. The second kappa shape index (κ2) is 6.34. The Hall–Kier alpha value is -1.43. The molecule has 1 heterocycles. The van der Waals surface area contributed by atoms with Crippen molar-refractivity contribution in [3.63, 3.8) is 0 Å². The third-order valence-electron chi connectivity index (χ3n) is 2.70. The number of hydrogen-bond donors (Lipinski definition) is 1. The third-order valence-corrected chi connectivity index (χ3v) is 2.70. The molecule has 0 unspecified atom stereocenters. The van der Waals surface area contributed by atoms with Crippen molar-refractivity contribution in [3.05, 3.63) is 21.5 Å². The largest absolute Gasteiger partial charge is 0.315 e. The van der Waals surface area contributed by atoms with E-state index >= 15 is 0 Å². The molecule has 0 saturated carbocycles. The van der Waals surface area contributed by atoms with Crippen molar-refractivity contribution < 1.29 is 4.92 Å². The lowest BCUT2D eigenvalue weighted by Crippen LogP contribution is -2.21. The molecule has 96 valence electrons. The summed E-state index contributed by atoms with van der Waals surface area (Å²) >= 11 is 0. The molecule has 0 radical (unpaired) electrons. The van der Waals surface area contributed by atoms with Gasteiger partial charge in [-0.15, -0.1) is 0 Å². The van der Waals surface area contributed by atoms with Crippen LogP contribution in [-0.4, -0.2) is 27.8 Å². The first-order valence-corrected chi connectivity index (χ1v) is 6.09. The molecule has 0 aliphatic carbocycles. The van der Waals surface area contributed by atoms with Crippen LogP contribution < -0.4 is 5.32 Å². The van der Waals surface area contributed by atoms with Gasteiger partial charge in [0.25, 0.3) is 0 Å². The molecule has 0 aromatic carbocycles. The summed E-state index contributed by atoms with van der Waals surface area (Å²) < 4.78 is 1.76. The monoisotopic (exact) mass is 240 g/mol. The van der Waals surface area contributed by atoms with Gasteiger partial charge in [0.2, 0.25) is 0 Å². The number of likely N-dealkylation sites (N-methyl/N-ethyl adjacent to an activating group) is 1. The average Bonchev–Trinajstić information content (AvgIpc) is 2.67. The maximum absolute atomic E-state index is 11.0. The number of hydrogen-bond acceptors (Lipinski definition) is 4. The number of nitro groups is 1. The minimum atomic E-state index is -0.311. The summed E-state index contributed by atoms with van der Waals surface area (Å²) in [6, 6.07) is 0. The van der Waals surface area contributed by atoms with Crippen LogP contribution in [0, 0.1) is 10.1 Å². The van der Waals surface area contributed by atoms with Crippen molar-refractivity contribution in [2.45, 2.75) is 40.2 Å². The van der Waals surface area contributed by atoms with Crippen molar-refractivity contribution in [3.8, 4) is 0 Å². The number of nitrogens with one attached hydrogen (secondary N) is 1. The van der Waals surface area contributed by atoms with Gasteiger partial charge in [-0.3, -0.25) is 14.8 Å². The van der Waals surface area contributed by atoms with E-state index in [2.05, 4.69) is 10.4 Å². The Morgan fingerprint density at radius 2 is 2.06 bits per heavy atom. The second-order valence-corrected chi connectivity index (χ2v) is 3.78. The first-order chi connectivity index (χ1) is 8.15. The molecule has 1 aromatic heterocycles. The van der Waals surface area contributed by atoms with Crippen LogP contribution in [0.5, 0.6) is 0 Å². The highest BCUT2D eigenvalue weighted by molar-refractivity contribution is 5.41. The molecular formula is C11H20N4O2. The van der Waals surface area contributed by atoms with Gasteiger partial charge in [0.1, 0.15) is 11.4 Å². The molecule has 0 amide bonds. The van der Waals surface area contributed by atoms with Crippen LogP contribution in [0.25, 0.3) is 0 Å². The second-order valence-electron chi connectivity index (χ2n) is 3.78. The van der Waals surface area contributed by atoms with Crippen molar-refractivity contribution in [2.24, 2.45) is 0 Å². The first kappa shape index (κ1) is 13.6. The van der Waals surface area contributed by atoms with Crippen LogP contribution in [0.3, 0.4) is 0 Å². The molecule has 0 aliphatic rings. The molecule has 0 fully saturated rings. The fourth-order valence-electron chi connectivity index (χ4n) is 1.89. The summed E-state index contributed by atoms with van der Waals surface area (Å²) in [5.74, 6) is 0. The van der Waals surface area contributed by atoms with E-state index in [1.807, 2.05) is 20.8 Å². The molecule has 0 bridgehead atoms. The van der Waals surface area contributed by atoms with Gasteiger partial charge in [0, 0.05) is 6.54 Å². The Morgan fingerprint density at radius 3 is 2.53 bits per heavy atom. The zero-order chi connectivity index (χ0) is 12.8. The zero-order valence-electron chi connectivity index (χ0n) is 10.7. The fourth-order valence-corrected chi connectivity index (χ4v) is 1.89. The highest BCUT2D eigenvalue weighted by Gasteiger charge is 2.24. The van der Waals surface area contributed by atoms with Crippen LogP contribution >= 0.6 is 0 Å². The highest BCUT2D eigenvalue weighted by Crippen LogP contribution is 2.24. The molecule has 0 atom stereocenters. The molecule has 6 heteroatoms. The molecule has 1 aromatic rings. The summed E-state index contributed by atoms with van der Waals surface area (Å²) in [6.07, 6.45) is 1.23. The Labute approximate surface area is 101 Å². The van der Waals surface area contributed by atoms with Crippen LogP contribution in [-0.2, 0) is 19.4 Å². The maximum Gasteiger partial charge on any atom is 0.313 e. The number of nitrogens with zero attached hydrogens (tertiary/aromatic N) is 3. The van der Waals surface area contributed by atoms with E-state index in [9.17, 15) is 10.1 Å². The average molecular weight is 240 g/mol. The molecule has 6 nitrogen and oxygen atoms in total. The lowest BCUT2D eigenvalue weighted by atomic mass is 10.2. The van der Waals surface area contributed by atoms with Crippen molar-refractivity contribution in [2.75, 3.05) is 13.1 Å². The molecule has 17 heavy (non-hydrogen) atoms. The molecular weight excluding hydrogens is 220 g/mol. The smallest absolute Gasteiger partial charge is 0.313 e.